The molecule has 6 heteroatoms. The van der Waals surface area contributed by atoms with Crippen molar-refractivity contribution in [2.75, 3.05) is 14.2 Å². The summed E-state index contributed by atoms with van der Waals surface area (Å²) < 4.78 is 6.75. The van der Waals surface area contributed by atoms with Gasteiger partial charge in [0, 0.05) is 18.6 Å². The summed E-state index contributed by atoms with van der Waals surface area (Å²) in [4.78, 5) is 23.2. The molecule has 29 heavy (non-hydrogen) atoms. The molecule has 1 unspecified atom stereocenters. The number of oxime groups is 1. The first kappa shape index (κ1) is 18.9. The molecule has 1 aliphatic carbocycles. The highest BCUT2D eigenvalue weighted by Gasteiger charge is 2.41. The summed E-state index contributed by atoms with van der Waals surface area (Å²) in [6, 6.07) is 14.7. The van der Waals surface area contributed by atoms with E-state index in [2.05, 4.69) is 42.4 Å². The number of hydrogen-bond acceptors (Lipinski definition) is 5. The van der Waals surface area contributed by atoms with Gasteiger partial charge in [-0.05, 0) is 34.1 Å². The van der Waals surface area contributed by atoms with Crippen LogP contribution in [-0.2, 0) is 19.2 Å². The predicted molar refractivity (Wildman–Crippen MR) is 111 cm³/mol. The molecular weight excluding hydrogens is 368 g/mol. The molecular formula is C23H23N2O4+. The normalized spacial score (nSPS) is 17.2. The maximum atomic E-state index is 12.2. The van der Waals surface area contributed by atoms with Gasteiger partial charge in [0.15, 0.2) is 5.71 Å². The van der Waals surface area contributed by atoms with Crippen LogP contribution in [0.15, 0.2) is 70.6 Å². The third-order valence-corrected chi connectivity index (χ3v) is 5.29. The van der Waals surface area contributed by atoms with E-state index in [-0.39, 0.29) is 11.8 Å². The number of nitrogens with zero attached hydrogens (tertiary/aromatic N) is 2. The van der Waals surface area contributed by atoms with E-state index in [1.807, 2.05) is 29.9 Å². The smallest absolute Gasteiger partial charge is 0.360 e. The number of hydroxylamine groups is 1. The van der Waals surface area contributed by atoms with E-state index in [4.69, 9.17) is 14.4 Å². The van der Waals surface area contributed by atoms with Crippen molar-refractivity contribution in [1.82, 2.24) is 0 Å². The number of allylic oxidation sites excluding steroid dienone is 3. The largest absolute Gasteiger partial charge is 0.464 e. The van der Waals surface area contributed by atoms with Crippen LogP contribution in [0.4, 0.5) is 0 Å². The Bertz CT molecular complexity index is 1120. The number of ether oxygens (including phenoxy) is 1. The van der Waals surface area contributed by atoms with Gasteiger partial charge < -0.3 is 9.57 Å². The zero-order valence-electron chi connectivity index (χ0n) is 16.9. The van der Waals surface area contributed by atoms with Gasteiger partial charge >= 0.3 is 5.97 Å². The number of carbonyl (C=O) groups is 1. The Morgan fingerprint density at radius 2 is 1.93 bits per heavy atom. The number of hydrogen-bond donors (Lipinski definition) is 0. The lowest BCUT2D eigenvalue weighted by Gasteiger charge is -2.25. The van der Waals surface area contributed by atoms with Crippen LogP contribution >= 0.6 is 0 Å². The maximum Gasteiger partial charge on any atom is 0.360 e. The van der Waals surface area contributed by atoms with Crippen LogP contribution < -0.4 is 0 Å². The van der Waals surface area contributed by atoms with Crippen molar-refractivity contribution in [2.24, 2.45) is 5.16 Å². The van der Waals surface area contributed by atoms with Crippen LogP contribution in [0.2, 0.25) is 0 Å². The second kappa shape index (κ2) is 7.54. The van der Waals surface area contributed by atoms with E-state index < -0.39 is 5.97 Å². The first-order valence-corrected chi connectivity index (χ1v) is 9.47. The predicted octanol–water partition coefficient (Wildman–Crippen LogP) is 4.08. The molecule has 0 saturated carbocycles. The minimum absolute atomic E-state index is 0.00329. The Kier molecular flexibility index (Phi) is 4.92. The molecule has 0 N–H and O–H groups in total. The van der Waals surface area contributed by atoms with Crippen LogP contribution in [0.5, 0.6) is 0 Å². The first-order valence-electron chi connectivity index (χ1n) is 9.47. The molecule has 6 nitrogen and oxygen atoms in total. The number of carbonyl (C=O) groups excluding carboxylic acids is 1. The standard InChI is InChI=1S/C23H23N2O4/c1-14-11-19-13-20(21(24-28-4)23(26)27-3)22(14)29-25(19)15(2)17-10-9-16-7-5-6-8-18(16)12-17/h5-10,12-13,15H,11H2,1-4H3/q+1. The van der Waals surface area contributed by atoms with Gasteiger partial charge in [-0.15, -0.1) is 0 Å². The van der Waals surface area contributed by atoms with E-state index in [0.717, 1.165) is 23.3 Å². The van der Waals surface area contributed by atoms with Gasteiger partial charge in [0.2, 0.25) is 17.5 Å². The van der Waals surface area contributed by atoms with Crippen LogP contribution in [0.1, 0.15) is 31.9 Å². The van der Waals surface area contributed by atoms with Crippen molar-refractivity contribution in [3.05, 3.63) is 71.0 Å². The zero-order valence-corrected chi connectivity index (χ0v) is 16.9. The quantitative estimate of drug-likeness (QED) is 0.334. The summed E-state index contributed by atoms with van der Waals surface area (Å²) >= 11 is 0. The Morgan fingerprint density at radius 1 is 1.17 bits per heavy atom. The summed E-state index contributed by atoms with van der Waals surface area (Å²) in [5.74, 6) is 0.0538. The summed E-state index contributed by atoms with van der Waals surface area (Å²) in [5.41, 5.74) is 3.82. The number of benzene rings is 2. The van der Waals surface area contributed by atoms with Crippen LogP contribution in [-0.4, -0.2) is 36.4 Å². The van der Waals surface area contributed by atoms with Crippen LogP contribution in [0.3, 0.4) is 0 Å². The van der Waals surface area contributed by atoms with Gasteiger partial charge in [-0.25, -0.2) is 9.63 Å². The van der Waals surface area contributed by atoms with Crippen molar-refractivity contribution in [2.45, 2.75) is 26.3 Å². The number of esters is 1. The van der Waals surface area contributed by atoms with Crippen molar-refractivity contribution in [3.8, 4) is 0 Å². The molecule has 0 amide bonds. The molecule has 0 radical (unpaired) electrons. The number of methoxy groups -OCH3 is 1. The minimum atomic E-state index is -0.565. The Balaban J connectivity index is 1.75. The Hall–Kier alpha value is -3.41. The number of fused-ring (bicyclic) bond motifs is 3. The molecule has 2 aromatic rings. The lowest BCUT2D eigenvalue weighted by atomic mass is 9.92. The summed E-state index contributed by atoms with van der Waals surface area (Å²) in [5, 5.41) is 6.26. The maximum absolute atomic E-state index is 12.2. The van der Waals surface area contributed by atoms with Gasteiger partial charge in [0.1, 0.15) is 7.11 Å². The molecule has 0 aromatic heterocycles. The van der Waals surface area contributed by atoms with Gasteiger partial charge in [-0.2, -0.15) is 0 Å². The van der Waals surface area contributed by atoms with E-state index >= 15 is 0 Å². The topological polar surface area (TPSA) is 60.1 Å². The highest BCUT2D eigenvalue weighted by atomic mass is 16.7. The monoisotopic (exact) mass is 391 g/mol. The molecule has 0 spiro atoms. The zero-order chi connectivity index (χ0) is 20.5. The molecule has 0 saturated heterocycles. The second-order valence-corrected chi connectivity index (χ2v) is 7.15. The van der Waals surface area contributed by atoms with E-state index in [1.54, 1.807) is 0 Å². The summed E-state index contributed by atoms with van der Waals surface area (Å²) in [6.45, 7) is 4.09. The highest BCUT2D eigenvalue weighted by molar-refractivity contribution is 6.45. The van der Waals surface area contributed by atoms with Gasteiger partial charge in [0.05, 0.1) is 19.1 Å². The molecule has 2 aromatic carbocycles. The van der Waals surface area contributed by atoms with Crippen LogP contribution in [0, 0.1) is 0 Å². The van der Waals surface area contributed by atoms with Crippen molar-refractivity contribution >= 4 is 28.2 Å². The Labute approximate surface area is 169 Å². The van der Waals surface area contributed by atoms with Gasteiger partial charge in [-0.1, -0.05) is 41.6 Å². The van der Waals surface area contributed by atoms with Gasteiger partial charge in [0.25, 0.3) is 0 Å². The first-order chi connectivity index (χ1) is 14.0. The van der Waals surface area contributed by atoms with Crippen molar-refractivity contribution < 1.29 is 23.9 Å². The van der Waals surface area contributed by atoms with Crippen molar-refractivity contribution in [3.63, 3.8) is 0 Å². The fraction of sp³-hybridized carbons (Fsp3) is 0.261. The average Bonchev–Trinajstić information content (AvgIpc) is 2.76. The number of rotatable bonds is 5. The molecule has 2 heterocycles. The third-order valence-electron chi connectivity index (χ3n) is 5.29. The third kappa shape index (κ3) is 3.31. The fourth-order valence-corrected chi connectivity index (χ4v) is 3.78. The molecule has 2 aliphatic heterocycles. The highest BCUT2D eigenvalue weighted by Crippen LogP contribution is 2.35. The van der Waals surface area contributed by atoms with Gasteiger partial charge in [-0.3, -0.25) is 0 Å². The Morgan fingerprint density at radius 3 is 2.62 bits per heavy atom. The molecule has 1 atom stereocenters. The summed E-state index contributed by atoms with van der Waals surface area (Å²) in [6.07, 6.45) is 2.68. The lowest BCUT2D eigenvalue weighted by molar-refractivity contribution is -0.803. The molecule has 2 bridgehead atoms. The van der Waals surface area contributed by atoms with E-state index in [0.29, 0.717) is 11.3 Å². The minimum Gasteiger partial charge on any atom is -0.464 e. The van der Waals surface area contributed by atoms with Crippen LogP contribution in [0.25, 0.3) is 10.8 Å². The SMILES string of the molecule is CON=C(C(=O)OC)C1=CC2=[N+](C(C)c3ccc4ccccc4c3)OC1=C(C)C2. The fourth-order valence-electron chi connectivity index (χ4n) is 3.78. The molecule has 3 aliphatic rings. The second-order valence-electron chi connectivity index (χ2n) is 7.15. The van der Waals surface area contributed by atoms with E-state index in [1.165, 1.54) is 25.0 Å². The lowest BCUT2D eigenvalue weighted by Crippen LogP contribution is -2.35. The molecule has 5 rings (SSSR count). The average molecular weight is 391 g/mol. The molecule has 0 fully saturated rings. The summed E-state index contributed by atoms with van der Waals surface area (Å²) in [7, 11) is 2.71. The van der Waals surface area contributed by atoms with Crippen molar-refractivity contribution in [1.29, 1.82) is 0 Å². The molecule has 148 valence electrons. The van der Waals surface area contributed by atoms with E-state index in [9.17, 15) is 4.79 Å².